The quantitative estimate of drug-likeness (QED) is 0.929. The first-order valence-electron chi connectivity index (χ1n) is 5.47. The molecule has 8 heteroatoms. The van der Waals surface area contributed by atoms with Crippen molar-refractivity contribution in [1.29, 1.82) is 1.43 Å². The fraction of sp³-hybridized carbons (Fsp3) is 0.182. The number of aliphatic carboxylic acids is 1. The molecule has 0 atom stereocenters. The van der Waals surface area contributed by atoms with Gasteiger partial charge in [0.2, 0.25) is 5.82 Å². The van der Waals surface area contributed by atoms with Crippen molar-refractivity contribution < 1.29 is 27.6 Å². The Labute approximate surface area is 106 Å². The lowest BCUT2D eigenvalue weighted by Gasteiger charge is -1.98. The van der Waals surface area contributed by atoms with Gasteiger partial charge in [0.25, 0.3) is 1.43 Å². The minimum atomic E-state index is -4.69. The molecule has 1 heterocycles. The van der Waals surface area contributed by atoms with E-state index in [0.29, 0.717) is 11.1 Å². The zero-order valence-electron chi connectivity index (χ0n) is 10.3. The van der Waals surface area contributed by atoms with Gasteiger partial charge in [0.1, 0.15) is 0 Å². The number of nitrogens with zero attached hydrogens (tertiary/aromatic N) is 2. The molecule has 2 aromatic rings. The third-order valence-electron chi connectivity index (χ3n) is 2.23. The molecule has 19 heavy (non-hydrogen) atoms. The number of alkyl halides is 3. The maximum atomic E-state index is 12.3. The van der Waals surface area contributed by atoms with Crippen LogP contribution >= 0.6 is 0 Å². The lowest BCUT2D eigenvalue weighted by atomic mass is 10.1. The summed E-state index contributed by atoms with van der Waals surface area (Å²) in [5.74, 6) is -2.36. The molecule has 0 radical (unpaired) electrons. The molecule has 1 aromatic heterocycles. The summed E-state index contributed by atoms with van der Waals surface area (Å²) in [6, 6.07) is 5.88. The van der Waals surface area contributed by atoms with Gasteiger partial charge in [0, 0.05) is 5.56 Å². The first-order chi connectivity index (χ1) is 9.40. The molecule has 5 nitrogen and oxygen atoms in total. The molecule has 0 aliphatic carbocycles. The average Bonchev–Trinajstić information content (AvgIpc) is 2.89. The molecule has 0 bridgehead atoms. The Bertz CT molecular complexity index is 610. The smallest absolute Gasteiger partial charge is 0.471 e. The van der Waals surface area contributed by atoms with E-state index >= 15 is 0 Å². The van der Waals surface area contributed by atoms with Gasteiger partial charge in [-0.1, -0.05) is 29.4 Å². The Morgan fingerprint density at radius 1 is 1.37 bits per heavy atom. The highest BCUT2D eigenvalue weighted by molar-refractivity contribution is 5.70. The standard InChI is InChI=1S/C11H7F3N2O3/c12-11(13,14)10-15-9(16-19-10)7-3-1-6(2-4-7)5-8(17)18/h1-4H,5H2,(H,17,18)/i/hD. The summed E-state index contributed by atoms with van der Waals surface area (Å²) in [6.45, 7) is 0. The normalized spacial score (nSPS) is 12.1. The molecular weight excluding hydrogens is 265 g/mol. The van der Waals surface area contributed by atoms with Crippen LogP contribution in [0.5, 0.6) is 0 Å². The molecule has 2 rings (SSSR count). The largest absolute Gasteiger partial charge is 0.481 e. The first-order valence-corrected chi connectivity index (χ1v) is 5.06. The van der Waals surface area contributed by atoms with Crippen molar-refractivity contribution in [3.8, 4) is 11.4 Å². The van der Waals surface area contributed by atoms with Crippen molar-refractivity contribution >= 4 is 5.97 Å². The van der Waals surface area contributed by atoms with Gasteiger partial charge >= 0.3 is 18.0 Å². The second-order valence-corrected chi connectivity index (χ2v) is 3.67. The zero-order valence-corrected chi connectivity index (χ0v) is 9.27. The number of aromatic nitrogens is 2. The maximum absolute atomic E-state index is 12.3. The number of rotatable bonds is 3. The maximum Gasteiger partial charge on any atom is 0.471 e. The lowest BCUT2D eigenvalue weighted by molar-refractivity contribution is -0.159. The molecule has 0 amide bonds. The van der Waals surface area contributed by atoms with Gasteiger partial charge in [0.15, 0.2) is 0 Å². The van der Waals surface area contributed by atoms with E-state index in [-0.39, 0.29) is 12.2 Å². The van der Waals surface area contributed by atoms with Crippen LogP contribution in [0.25, 0.3) is 12.8 Å². The van der Waals surface area contributed by atoms with Crippen molar-refractivity contribution in [2.75, 3.05) is 0 Å². The summed E-state index contributed by atoms with van der Waals surface area (Å²) in [6.07, 6.45) is -4.80. The van der Waals surface area contributed by atoms with Gasteiger partial charge in [0.05, 0.1) is 6.42 Å². The van der Waals surface area contributed by atoms with Crippen molar-refractivity contribution in [1.82, 2.24) is 10.1 Å². The Balaban J connectivity index is 2.18. The summed E-state index contributed by atoms with van der Waals surface area (Å²) in [4.78, 5) is 14.1. The highest BCUT2D eigenvalue weighted by Crippen LogP contribution is 2.29. The molecule has 0 unspecified atom stereocenters. The minimum absolute atomic E-state index is 0.107. The van der Waals surface area contributed by atoms with Crippen LogP contribution in [-0.4, -0.2) is 21.2 Å². The van der Waals surface area contributed by atoms with Gasteiger partial charge in [-0.2, -0.15) is 18.2 Å². The molecule has 1 aromatic carbocycles. The molecule has 0 saturated heterocycles. The Kier molecular flexibility index (Phi) is 2.90. The number of carbonyl (C=O) groups is 1. The van der Waals surface area contributed by atoms with Crippen LogP contribution in [0.2, 0.25) is 0 Å². The van der Waals surface area contributed by atoms with Crippen molar-refractivity contribution in [3.63, 3.8) is 0 Å². The van der Waals surface area contributed by atoms with Crippen molar-refractivity contribution in [3.05, 3.63) is 35.7 Å². The average molecular weight is 273 g/mol. The number of benzene rings is 1. The van der Waals surface area contributed by atoms with E-state index in [2.05, 4.69) is 19.8 Å². The van der Waals surface area contributed by atoms with E-state index in [0.717, 1.165) is 0 Å². The van der Waals surface area contributed by atoms with Crippen LogP contribution < -0.4 is 0 Å². The Hall–Kier alpha value is -2.38. The SMILES string of the molecule is [2H]OC(=O)Cc1ccc(-c2noc(C(F)(F)F)n2)cc1. The number of halogens is 3. The van der Waals surface area contributed by atoms with Crippen LogP contribution in [-0.2, 0) is 17.4 Å². The van der Waals surface area contributed by atoms with Crippen molar-refractivity contribution in [2.45, 2.75) is 12.6 Å². The van der Waals surface area contributed by atoms with Gasteiger partial charge in [-0.05, 0) is 5.56 Å². The number of carboxylic acids is 1. The van der Waals surface area contributed by atoms with Crippen LogP contribution in [0, 0.1) is 0 Å². The van der Waals surface area contributed by atoms with Gasteiger partial charge in [-0.25, -0.2) is 0 Å². The second kappa shape index (κ2) is 4.71. The molecular formula is C11H7F3N2O3. The summed E-state index contributed by atoms with van der Waals surface area (Å²) in [7, 11) is 0. The van der Waals surface area contributed by atoms with E-state index in [1.807, 2.05) is 0 Å². The van der Waals surface area contributed by atoms with Crippen LogP contribution in [0.15, 0.2) is 28.8 Å². The topological polar surface area (TPSA) is 76.2 Å². The second-order valence-electron chi connectivity index (χ2n) is 3.67. The summed E-state index contributed by atoms with van der Waals surface area (Å²) in [5, 5.41) is 6.99. The third kappa shape index (κ3) is 3.09. The summed E-state index contributed by atoms with van der Waals surface area (Å²) in [5.41, 5.74) is 0.859. The third-order valence-corrected chi connectivity index (χ3v) is 2.23. The molecule has 0 spiro atoms. The number of hydrogen-bond donors (Lipinski definition) is 1. The summed E-state index contributed by atoms with van der Waals surface area (Å²) >= 11 is 0. The van der Waals surface area contributed by atoms with Gasteiger partial charge < -0.3 is 9.63 Å². The van der Waals surface area contributed by atoms with Crippen LogP contribution in [0.1, 0.15) is 11.5 Å². The van der Waals surface area contributed by atoms with E-state index in [1.165, 1.54) is 24.3 Å². The Morgan fingerprint density at radius 2 is 2.05 bits per heavy atom. The minimum Gasteiger partial charge on any atom is -0.481 e. The lowest BCUT2D eigenvalue weighted by Crippen LogP contribution is -2.04. The highest BCUT2D eigenvalue weighted by Gasteiger charge is 2.38. The zero-order chi connectivity index (χ0) is 14.8. The van der Waals surface area contributed by atoms with E-state index in [1.54, 1.807) is 0 Å². The van der Waals surface area contributed by atoms with Gasteiger partial charge in [-0.3, -0.25) is 4.79 Å². The number of carboxylic acid groups (broad SMARTS) is 1. The summed E-state index contributed by atoms with van der Waals surface area (Å²) < 4.78 is 47.4. The highest BCUT2D eigenvalue weighted by atomic mass is 19.4. The first kappa shape index (κ1) is 11.7. The monoisotopic (exact) mass is 273 g/mol. The van der Waals surface area contributed by atoms with Crippen LogP contribution in [0.4, 0.5) is 13.2 Å². The van der Waals surface area contributed by atoms with E-state index in [9.17, 15) is 18.0 Å². The fourth-order valence-electron chi connectivity index (χ4n) is 1.39. The predicted molar refractivity (Wildman–Crippen MR) is 56.1 cm³/mol. The molecule has 0 saturated carbocycles. The van der Waals surface area contributed by atoms with Crippen LogP contribution in [0.3, 0.4) is 0 Å². The molecule has 0 aliphatic heterocycles. The number of hydrogen-bond acceptors (Lipinski definition) is 5. The van der Waals surface area contributed by atoms with Gasteiger partial charge in [-0.15, -0.1) is 0 Å². The van der Waals surface area contributed by atoms with Crippen molar-refractivity contribution in [2.24, 2.45) is 0 Å². The van der Waals surface area contributed by atoms with E-state index < -0.39 is 18.0 Å². The fourth-order valence-corrected chi connectivity index (χ4v) is 1.39. The predicted octanol–water partition coefficient (Wildman–Crippen LogP) is 2.38. The van der Waals surface area contributed by atoms with E-state index in [4.69, 9.17) is 1.43 Å². The molecule has 0 fully saturated rings. The molecule has 0 aliphatic rings. The Morgan fingerprint density at radius 3 is 2.58 bits per heavy atom. The molecule has 100 valence electrons. The molecule has 1 N–H and O–H groups in total.